The molecule has 29 heavy (non-hydrogen) atoms. The van der Waals surface area contributed by atoms with E-state index in [1.165, 1.54) is 25.7 Å². The van der Waals surface area contributed by atoms with Crippen molar-refractivity contribution in [2.45, 2.75) is 44.9 Å². The molecular formula is C24H34N4O. The van der Waals surface area contributed by atoms with Gasteiger partial charge >= 0.3 is 0 Å². The van der Waals surface area contributed by atoms with E-state index < -0.39 is 0 Å². The molecule has 0 aliphatic heterocycles. The van der Waals surface area contributed by atoms with Gasteiger partial charge in [-0.1, -0.05) is 56.5 Å². The highest BCUT2D eigenvalue weighted by atomic mass is 16.1. The average Bonchev–Trinajstić information content (AvgIpc) is 3.27. The first-order valence-electron chi connectivity index (χ1n) is 10.6. The molecule has 0 aromatic heterocycles. The summed E-state index contributed by atoms with van der Waals surface area (Å²) >= 11 is 0. The number of benzene rings is 1. The molecule has 1 aromatic rings. The fourth-order valence-electron chi connectivity index (χ4n) is 3.36. The molecule has 1 aliphatic carbocycles. The van der Waals surface area contributed by atoms with Crippen LogP contribution in [0.25, 0.3) is 0 Å². The summed E-state index contributed by atoms with van der Waals surface area (Å²) in [6.45, 7) is 5.19. The molecule has 0 bridgehead atoms. The Hall–Kier alpha value is -2.69. The Morgan fingerprint density at radius 1 is 1.28 bits per heavy atom. The van der Waals surface area contributed by atoms with Crippen molar-refractivity contribution in [3.05, 3.63) is 54.6 Å². The molecule has 1 fully saturated rings. The molecule has 0 unspecified atom stereocenters. The first-order valence-corrected chi connectivity index (χ1v) is 10.6. The number of aliphatic imine (C=N–C) groups is 1. The molecule has 156 valence electrons. The molecule has 1 aliphatic rings. The van der Waals surface area contributed by atoms with Crippen LogP contribution in [0, 0.1) is 5.92 Å². The highest BCUT2D eigenvalue weighted by molar-refractivity contribution is 5.89. The van der Waals surface area contributed by atoms with Crippen LogP contribution < -0.4 is 10.3 Å². The van der Waals surface area contributed by atoms with E-state index in [0.717, 1.165) is 30.0 Å². The van der Waals surface area contributed by atoms with E-state index in [-0.39, 0.29) is 5.91 Å². The molecule has 0 saturated heterocycles. The Bertz CT molecular complexity index is 703. The fraction of sp³-hybridized carbons (Fsp3) is 0.458. The van der Waals surface area contributed by atoms with Crippen molar-refractivity contribution < 1.29 is 4.79 Å². The second-order valence-corrected chi connectivity index (χ2v) is 7.42. The van der Waals surface area contributed by atoms with Gasteiger partial charge in [0.1, 0.15) is 0 Å². The van der Waals surface area contributed by atoms with Gasteiger partial charge in [-0.05, 0) is 42.5 Å². The normalized spacial score (nSPS) is 15.3. The maximum Gasteiger partial charge on any atom is 0.220 e. The third-order valence-electron chi connectivity index (χ3n) is 5.16. The van der Waals surface area contributed by atoms with E-state index >= 15 is 0 Å². The molecule has 0 heterocycles. The van der Waals surface area contributed by atoms with Crippen LogP contribution in [0.1, 0.15) is 44.9 Å². The summed E-state index contributed by atoms with van der Waals surface area (Å²) in [4.78, 5) is 16.2. The minimum Gasteiger partial charge on any atom is -0.356 e. The number of hydrazone groups is 1. The quantitative estimate of drug-likeness (QED) is 0.240. The Morgan fingerprint density at radius 2 is 2.03 bits per heavy atom. The molecule has 1 N–H and O–H groups in total. The van der Waals surface area contributed by atoms with Gasteiger partial charge in [0.05, 0.1) is 11.9 Å². The van der Waals surface area contributed by atoms with Crippen molar-refractivity contribution in [1.82, 2.24) is 5.32 Å². The fourth-order valence-corrected chi connectivity index (χ4v) is 3.36. The number of allylic oxidation sites excluding steroid dienone is 3. The zero-order chi connectivity index (χ0) is 20.7. The predicted octanol–water partition coefficient (Wildman–Crippen LogP) is 4.77. The van der Waals surface area contributed by atoms with Crippen molar-refractivity contribution in [2.75, 3.05) is 25.1 Å². The van der Waals surface area contributed by atoms with E-state index in [0.29, 0.717) is 19.5 Å². The van der Waals surface area contributed by atoms with E-state index in [4.69, 9.17) is 0 Å². The minimum absolute atomic E-state index is 0.175. The average molecular weight is 395 g/mol. The third kappa shape index (κ3) is 9.37. The number of para-hydroxylation sites is 1. The number of nitrogens with zero attached hydrogens (tertiary/aromatic N) is 3. The number of carbonyl (C=O) groups excluding carboxylic acids is 1. The van der Waals surface area contributed by atoms with Crippen molar-refractivity contribution in [2.24, 2.45) is 16.0 Å². The minimum atomic E-state index is 0.175. The molecule has 0 radical (unpaired) electrons. The summed E-state index contributed by atoms with van der Waals surface area (Å²) in [6, 6.07) is 9.95. The summed E-state index contributed by atoms with van der Waals surface area (Å²) in [5.74, 6) is 0.945. The Kier molecular flexibility index (Phi) is 10.5. The molecule has 1 saturated carbocycles. The van der Waals surface area contributed by atoms with Gasteiger partial charge in [0, 0.05) is 32.8 Å². The highest BCUT2D eigenvalue weighted by Gasteiger charge is 2.15. The monoisotopic (exact) mass is 394 g/mol. The molecule has 0 atom stereocenters. The van der Waals surface area contributed by atoms with Gasteiger partial charge < -0.3 is 5.32 Å². The van der Waals surface area contributed by atoms with Gasteiger partial charge in [0.15, 0.2) is 0 Å². The number of hydrogen-bond donors (Lipinski definition) is 1. The van der Waals surface area contributed by atoms with Crippen LogP contribution >= 0.6 is 0 Å². The summed E-state index contributed by atoms with van der Waals surface area (Å²) < 4.78 is 0. The summed E-state index contributed by atoms with van der Waals surface area (Å²) in [6.07, 6.45) is 15.0. The van der Waals surface area contributed by atoms with Crippen molar-refractivity contribution >= 4 is 24.0 Å². The van der Waals surface area contributed by atoms with Crippen LogP contribution in [0.3, 0.4) is 0 Å². The van der Waals surface area contributed by atoms with Gasteiger partial charge in [-0.2, -0.15) is 5.10 Å². The smallest absolute Gasteiger partial charge is 0.220 e. The lowest BCUT2D eigenvalue weighted by molar-refractivity contribution is -0.121. The van der Waals surface area contributed by atoms with Crippen LogP contribution in [-0.2, 0) is 4.79 Å². The lowest BCUT2D eigenvalue weighted by atomic mass is 10.0. The number of amides is 1. The number of rotatable bonds is 12. The molecular weight excluding hydrogens is 360 g/mol. The van der Waals surface area contributed by atoms with E-state index in [2.05, 4.69) is 22.0 Å². The molecule has 1 aromatic carbocycles. The molecule has 2 rings (SSSR count). The van der Waals surface area contributed by atoms with Gasteiger partial charge in [-0.15, -0.1) is 0 Å². The summed E-state index contributed by atoms with van der Waals surface area (Å²) in [7, 11) is 1.91. The topological polar surface area (TPSA) is 57.1 Å². The molecule has 5 nitrogen and oxygen atoms in total. The van der Waals surface area contributed by atoms with E-state index in [1.807, 2.05) is 48.5 Å². The zero-order valence-corrected chi connectivity index (χ0v) is 17.6. The SMILES string of the molecule is C=CC(/C=N/N(C)c1ccccc1)=C\C=NCCCNC(=O)CCC1CCCC1. The van der Waals surface area contributed by atoms with Crippen LogP contribution in [0.15, 0.2) is 64.7 Å². The molecule has 1 amide bonds. The van der Waals surface area contributed by atoms with Crippen LogP contribution in [0.5, 0.6) is 0 Å². The maximum atomic E-state index is 11.9. The first kappa shape index (κ1) is 22.6. The number of anilines is 1. The van der Waals surface area contributed by atoms with Crippen molar-refractivity contribution in [3.63, 3.8) is 0 Å². The van der Waals surface area contributed by atoms with E-state index in [9.17, 15) is 4.79 Å². The van der Waals surface area contributed by atoms with Crippen LogP contribution in [0.4, 0.5) is 5.69 Å². The van der Waals surface area contributed by atoms with Gasteiger partial charge in [0.25, 0.3) is 0 Å². The van der Waals surface area contributed by atoms with Crippen molar-refractivity contribution in [1.29, 1.82) is 0 Å². The second kappa shape index (κ2) is 13.5. The van der Waals surface area contributed by atoms with E-state index in [1.54, 1.807) is 18.5 Å². The third-order valence-corrected chi connectivity index (χ3v) is 5.16. The zero-order valence-electron chi connectivity index (χ0n) is 17.6. The van der Waals surface area contributed by atoms with Crippen LogP contribution in [-0.4, -0.2) is 38.5 Å². The van der Waals surface area contributed by atoms with Crippen molar-refractivity contribution in [3.8, 4) is 0 Å². The Labute approximate surface area is 175 Å². The summed E-state index contributed by atoms with van der Waals surface area (Å²) in [5.41, 5.74) is 1.91. The lowest BCUT2D eigenvalue weighted by Crippen LogP contribution is -2.25. The lowest BCUT2D eigenvalue weighted by Gasteiger charge is -2.12. The molecule has 0 spiro atoms. The Balaban J connectivity index is 1.61. The predicted molar refractivity (Wildman–Crippen MR) is 124 cm³/mol. The van der Waals surface area contributed by atoms with Gasteiger partial charge in [0.2, 0.25) is 5.91 Å². The first-order chi connectivity index (χ1) is 14.2. The van der Waals surface area contributed by atoms with Gasteiger partial charge in [-0.25, -0.2) is 0 Å². The highest BCUT2D eigenvalue weighted by Crippen LogP contribution is 2.28. The number of nitrogens with one attached hydrogen (secondary N) is 1. The van der Waals surface area contributed by atoms with Crippen LogP contribution in [0.2, 0.25) is 0 Å². The number of hydrogen-bond acceptors (Lipinski definition) is 4. The Morgan fingerprint density at radius 3 is 2.76 bits per heavy atom. The maximum absolute atomic E-state index is 11.9. The summed E-state index contributed by atoms with van der Waals surface area (Å²) in [5, 5.41) is 9.22. The largest absolute Gasteiger partial charge is 0.356 e. The molecule has 5 heteroatoms. The second-order valence-electron chi connectivity index (χ2n) is 7.42. The van der Waals surface area contributed by atoms with Gasteiger partial charge in [-0.3, -0.25) is 14.8 Å². The standard InChI is InChI=1S/C24H34N4O/c1-3-21(20-27-28(2)23-12-5-4-6-13-23)16-19-25-17-9-18-26-24(29)15-14-22-10-7-8-11-22/h3-6,12-13,16,19-20,22H,1,7-11,14-15,17-18H2,2H3,(H,26,29)/b21-16+,25-19?,27-20+. The number of carbonyl (C=O) groups is 1.